The number of carbonyl (C=O) groups excluding carboxylic acids is 2. The molecule has 1 aliphatic rings. The molecule has 144 valence electrons. The van der Waals surface area contributed by atoms with E-state index in [1.54, 1.807) is 42.7 Å². The fourth-order valence-electron chi connectivity index (χ4n) is 3.38. The highest BCUT2D eigenvalue weighted by Gasteiger charge is 2.29. The van der Waals surface area contributed by atoms with Crippen molar-refractivity contribution in [1.82, 2.24) is 9.88 Å². The van der Waals surface area contributed by atoms with Crippen LogP contribution in [0.25, 0.3) is 9.88 Å². The average Bonchev–Trinajstić information content (AvgIpc) is 3.45. The molecule has 7 heteroatoms. The summed E-state index contributed by atoms with van der Waals surface area (Å²) in [7, 11) is 1.61. The quantitative estimate of drug-likeness (QED) is 0.574. The highest BCUT2D eigenvalue weighted by atomic mass is 32.1. The number of amides is 1. The van der Waals surface area contributed by atoms with Gasteiger partial charge in [0.05, 0.1) is 12.0 Å². The molecule has 4 rings (SSSR count). The molecule has 28 heavy (non-hydrogen) atoms. The summed E-state index contributed by atoms with van der Waals surface area (Å²) in [6.45, 7) is 1.16. The van der Waals surface area contributed by atoms with E-state index in [1.807, 2.05) is 27.8 Å². The van der Waals surface area contributed by atoms with Crippen LogP contribution in [0, 0.1) is 5.92 Å². The van der Waals surface area contributed by atoms with E-state index >= 15 is 0 Å². The summed E-state index contributed by atoms with van der Waals surface area (Å²) in [4.78, 5) is 32.9. The fourth-order valence-corrected chi connectivity index (χ4v) is 4.99. The van der Waals surface area contributed by atoms with Crippen LogP contribution in [0.4, 0.5) is 0 Å². The SMILES string of the molecule is COc1ccc(C(=O)C2CCN(C(=O)c3csc(-c4cccs4)n3)CC2)cc1. The van der Waals surface area contributed by atoms with Gasteiger partial charge in [0.2, 0.25) is 0 Å². The number of nitrogens with zero attached hydrogens (tertiary/aromatic N) is 2. The zero-order valence-electron chi connectivity index (χ0n) is 15.5. The van der Waals surface area contributed by atoms with Crippen LogP contribution in [-0.2, 0) is 0 Å². The first-order valence-corrected chi connectivity index (χ1v) is 10.9. The predicted molar refractivity (Wildman–Crippen MR) is 111 cm³/mol. The molecule has 0 unspecified atom stereocenters. The zero-order chi connectivity index (χ0) is 19.5. The van der Waals surface area contributed by atoms with Gasteiger partial charge in [-0.15, -0.1) is 22.7 Å². The summed E-state index contributed by atoms with van der Waals surface area (Å²) in [6.07, 6.45) is 1.36. The predicted octanol–water partition coefficient (Wildman–Crippen LogP) is 4.62. The Morgan fingerprint density at radius 2 is 1.86 bits per heavy atom. The lowest BCUT2D eigenvalue weighted by Crippen LogP contribution is -2.40. The topological polar surface area (TPSA) is 59.5 Å². The van der Waals surface area contributed by atoms with E-state index in [4.69, 9.17) is 4.74 Å². The molecule has 0 spiro atoms. The van der Waals surface area contributed by atoms with Gasteiger partial charge in [0, 0.05) is 30.0 Å². The van der Waals surface area contributed by atoms with Crippen molar-refractivity contribution in [2.75, 3.05) is 20.2 Å². The lowest BCUT2D eigenvalue weighted by atomic mass is 9.89. The van der Waals surface area contributed by atoms with Crippen LogP contribution < -0.4 is 4.74 Å². The van der Waals surface area contributed by atoms with Gasteiger partial charge in [0.1, 0.15) is 16.5 Å². The molecule has 1 saturated heterocycles. The number of methoxy groups -OCH3 is 1. The normalized spacial score (nSPS) is 14.8. The third kappa shape index (κ3) is 3.86. The molecule has 1 fully saturated rings. The molecule has 0 N–H and O–H groups in total. The van der Waals surface area contributed by atoms with E-state index in [1.165, 1.54) is 11.3 Å². The summed E-state index contributed by atoms with van der Waals surface area (Å²) in [5.41, 5.74) is 1.19. The number of thiophene rings is 1. The molecule has 3 aromatic rings. The van der Waals surface area contributed by atoms with Gasteiger partial charge in [-0.2, -0.15) is 0 Å². The Morgan fingerprint density at radius 3 is 2.50 bits per heavy atom. The number of benzene rings is 1. The molecule has 3 heterocycles. The van der Waals surface area contributed by atoms with Crippen molar-refractivity contribution in [3.63, 3.8) is 0 Å². The molecule has 5 nitrogen and oxygen atoms in total. The summed E-state index contributed by atoms with van der Waals surface area (Å²) in [5, 5.41) is 4.71. The third-order valence-corrected chi connectivity index (χ3v) is 6.86. The molecule has 1 aliphatic heterocycles. The minimum atomic E-state index is -0.0468. The average molecular weight is 413 g/mol. The van der Waals surface area contributed by atoms with Crippen LogP contribution in [0.1, 0.15) is 33.7 Å². The first-order valence-electron chi connectivity index (χ1n) is 9.12. The van der Waals surface area contributed by atoms with E-state index in [2.05, 4.69) is 4.98 Å². The molecule has 1 amide bonds. The van der Waals surface area contributed by atoms with Gasteiger partial charge in [-0.25, -0.2) is 4.98 Å². The highest BCUT2D eigenvalue weighted by molar-refractivity contribution is 7.20. The third-order valence-electron chi connectivity index (χ3n) is 4.98. The Balaban J connectivity index is 1.37. The molecule has 0 radical (unpaired) electrons. The fraction of sp³-hybridized carbons (Fsp3) is 0.286. The molecule has 0 aliphatic carbocycles. The Kier molecular flexibility index (Phi) is 5.54. The van der Waals surface area contributed by atoms with E-state index in [0.717, 1.165) is 15.6 Å². The highest BCUT2D eigenvalue weighted by Crippen LogP contribution is 2.29. The van der Waals surface area contributed by atoms with Crippen LogP contribution in [0.3, 0.4) is 0 Å². The van der Waals surface area contributed by atoms with Gasteiger partial charge in [-0.3, -0.25) is 9.59 Å². The Hall–Kier alpha value is -2.51. The summed E-state index contributed by atoms with van der Waals surface area (Å²) < 4.78 is 5.14. The monoisotopic (exact) mass is 412 g/mol. The van der Waals surface area contributed by atoms with E-state index < -0.39 is 0 Å². The first kappa shape index (κ1) is 18.8. The number of ketones is 1. The smallest absolute Gasteiger partial charge is 0.273 e. The van der Waals surface area contributed by atoms with Crippen LogP contribution >= 0.6 is 22.7 Å². The Bertz CT molecular complexity index is 956. The number of Topliss-reactive ketones (excluding diaryl/α,β-unsaturated/α-hetero) is 1. The van der Waals surface area contributed by atoms with Crippen molar-refractivity contribution >= 4 is 34.4 Å². The number of aromatic nitrogens is 1. The van der Waals surface area contributed by atoms with E-state index in [0.29, 0.717) is 37.2 Å². The molecule has 0 saturated carbocycles. The lowest BCUT2D eigenvalue weighted by molar-refractivity contribution is 0.0646. The second kappa shape index (κ2) is 8.24. The van der Waals surface area contributed by atoms with Gasteiger partial charge in [-0.05, 0) is 48.6 Å². The number of rotatable bonds is 5. The number of hydrogen-bond acceptors (Lipinski definition) is 6. The number of piperidine rings is 1. The number of hydrogen-bond donors (Lipinski definition) is 0. The minimum absolute atomic E-state index is 0.0467. The Morgan fingerprint density at radius 1 is 1.11 bits per heavy atom. The maximum absolute atomic E-state index is 12.8. The van der Waals surface area contributed by atoms with Crippen molar-refractivity contribution in [2.24, 2.45) is 5.92 Å². The maximum Gasteiger partial charge on any atom is 0.273 e. The van der Waals surface area contributed by atoms with Crippen LogP contribution in [-0.4, -0.2) is 41.8 Å². The summed E-state index contributed by atoms with van der Waals surface area (Å²) >= 11 is 3.11. The number of carbonyl (C=O) groups is 2. The first-order chi connectivity index (χ1) is 13.7. The Labute approximate surface area is 171 Å². The van der Waals surface area contributed by atoms with Gasteiger partial charge >= 0.3 is 0 Å². The van der Waals surface area contributed by atoms with Crippen molar-refractivity contribution in [2.45, 2.75) is 12.8 Å². The second-order valence-electron chi connectivity index (χ2n) is 6.67. The largest absolute Gasteiger partial charge is 0.497 e. The standard InChI is InChI=1S/C21H20N2O3S2/c1-26-16-6-4-14(5-7-16)19(24)15-8-10-23(11-9-15)21(25)17-13-28-20(22-17)18-3-2-12-27-18/h2-7,12-13,15H,8-11H2,1H3. The molecule has 0 atom stereocenters. The molecule has 2 aromatic heterocycles. The zero-order valence-corrected chi connectivity index (χ0v) is 17.1. The molecular weight excluding hydrogens is 392 g/mol. The molecular formula is C21H20N2O3S2. The number of thiazole rings is 1. The molecule has 0 bridgehead atoms. The number of ether oxygens (including phenoxy) is 1. The van der Waals surface area contributed by atoms with Gasteiger partial charge in [-0.1, -0.05) is 6.07 Å². The van der Waals surface area contributed by atoms with Crippen molar-refractivity contribution in [3.05, 3.63) is 58.4 Å². The lowest BCUT2D eigenvalue weighted by Gasteiger charge is -2.31. The minimum Gasteiger partial charge on any atom is -0.497 e. The van der Waals surface area contributed by atoms with Gasteiger partial charge in [0.15, 0.2) is 5.78 Å². The van der Waals surface area contributed by atoms with Crippen LogP contribution in [0.15, 0.2) is 47.2 Å². The van der Waals surface area contributed by atoms with E-state index in [-0.39, 0.29) is 17.6 Å². The maximum atomic E-state index is 12.8. The number of likely N-dealkylation sites (tertiary alicyclic amines) is 1. The van der Waals surface area contributed by atoms with E-state index in [9.17, 15) is 9.59 Å². The van der Waals surface area contributed by atoms with Crippen molar-refractivity contribution in [1.29, 1.82) is 0 Å². The van der Waals surface area contributed by atoms with Gasteiger partial charge < -0.3 is 9.64 Å². The summed E-state index contributed by atoms with van der Waals surface area (Å²) in [6, 6.07) is 11.2. The molecule has 1 aromatic carbocycles. The van der Waals surface area contributed by atoms with Crippen molar-refractivity contribution in [3.8, 4) is 15.6 Å². The summed E-state index contributed by atoms with van der Waals surface area (Å²) in [5.74, 6) is 0.787. The van der Waals surface area contributed by atoms with Crippen molar-refractivity contribution < 1.29 is 14.3 Å². The van der Waals surface area contributed by atoms with Gasteiger partial charge in [0.25, 0.3) is 5.91 Å². The van der Waals surface area contributed by atoms with Crippen LogP contribution in [0.2, 0.25) is 0 Å². The second-order valence-corrected chi connectivity index (χ2v) is 8.48. The van der Waals surface area contributed by atoms with Crippen LogP contribution in [0.5, 0.6) is 5.75 Å².